The molecule has 0 saturated heterocycles. The molecule has 24 heavy (non-hydrogen) atoms. The minimum atomic E-state index is -0.175. The molecule has 0 amide bonds. The van der Waals surface area contributed by atoms with Crippen LogP contribution in [0, 0.1) is 0 Å². The molecule has 0 aliphatic rings. The highest BCUT2D eigenvalue weighted by atomic mass is 16.6. The molecule has 144 valence electrons. The van der Waals surface area contributed by atoms with Crippen LogP contribution in [0.5, 0.6) is 0 Å². The standard InChI is InChI=1S/C17H34O7/c1-4-5-17(18)24-15-13-22-11-9-20-7-6-19-8-10-21-12-14-23-16(2)3/h16H,4-15H2,1-3H3. The third-order valence-electron chi connectivity index (χ3n) is 2.74. The summed E-state index contributed by atoms with van der Waals surface area (Å²) in [7, 11) is 0. The number of rotatable bonds is 18. The zero-order valence-electron chi connectivity index (χ0n) is 15.4. The van der Waals surface area contributed by atoms with Gasteiger partial charge in [-0.1, -0.05) is 6.92 Å². The molecule has 0 N–H and O–H groups in total. The van der Waals surface area contributed by atoms with E-state index in [-0.39, 0.29) is 12.1 Å². The topological polar surface area (TPSA) is 72.5 Å². The first kappa shape index (κ1) is 23.3. The number of hydrogen-bond acceptors (Lipinski definition) is 7. The van der Waals surface area contributed by atoms with Crippen molar-refractivity contribution in [1.82, 2.24) is 0 Å². The Labute approximate surface area is 145 Å². The van der Waals surface area contributed by atoms with Crippen molar-refractivity contribution in [3.8, 4) is 0 Å². The first-order valence-corrected chi connectivity index (χ1v) is 8.75. The maximum atomic E-state index is 11.1. The Balaban J connectivity index is 3.04. The van der Waals surface area contributed by atoms with Crippen molar-refractivity contribution in [2.75, 3.05) is 66.1 Å². The molecule has 0 fully saturated rings. The third-order valence-corrected chi connectivity index (χ3v) is 2.74. The summed E-state index contributed by atoms with van der Waals surface area (Å²) < 4.78 is 31.7. The van der Waals surface area contributed by atoms with Gasteiger partial charge in [-0.2, -0.15) is 0 Å². The van der Waals surface area contributed by atoms with Crippen molar-refractivity contribution < 1.29 is 33.2 Å². The molecule has 0 aliphatic heterocycles. The van der Waals surface area contributed by atoms with Gasteiger partial charge in [0.1, 0.15) is 6.61 Å². The van der Waals surface area contributed by atoms with Crippen LogP contribution in [0.25, 0.3) is 0 Å². The van der Waals surface area contributed by atoms with Gasteiger partial charge in [0.15, 0.2) is 0 Å². The lowest BCUT2D eigenvalue weighted by Gasteiger charge is -2.09. The summed E-state index contributed by atoms with van der Waals surface area (Å²) in [5, 5.41) is 0. The molecule has 0 aromatic heterocycles. The summed E-state index contributed by atoms with van der Waals surface area (Å²) in [6, 6.07) is 0. The number of hydrogen-bond donors (Lipinski definition) is 0. The smallest absolute Gasteiger partial charge is 0.305 e. The summed E-state index contributed by atoms with van der Waals surface area (Å²) in [6.45, 7) is 10.9. The van der Waals surface area contributed by atoms with Gasteiger partial charge < -0.3 is 28.4 Å². The average molecular weight is 350 g/mol. The van der Waals surface area contributed by atoms with E-state index in [9.17, 15) is 4.79 Å². The molecule has 0 aliphatic carbocycles. The van der Waals surface area contributed by atoms with Crippen LogP contribution < -0.4 is 0 Å². The molecule has 0 atom stereocenters. The van der Waals surface area contributed by atoms with Gasteiger partial charge in [-0.3, -0.25) is 4.79 Å². The van der Waals surface area contributed by atoms with Gasteiger partial charge in [0.05, 0.1) is 65.6 Å². The molecule has 0 saturated carbocycles. The van der Waals surface area contributed by atoms with Gasteiger partial charge in [0.25, 0.3) is 0 Å². The Morgan fingerprint density at radius 2 is 1.12 bits per heavy atom. The molecule has 0 radical (unpaired) electrons. The van der Waals surface area contributed by atoms with E-state index >= 15 is 0 Å². The molecule has 0 aromatic rings. The molecule has 0 unspecified atom stereocenters. The molecule has 0 rings (SSSR count). The number of esters is 1. The van der Waals surface area contributed by atoms with Crippen LogP contribution in [0.1, 0.15) is 33.6 Å². The SMILES string of the molecule is CCCC(=O)OCCOCCOCCOCCOCCOC(C)C. The van der Waals surface area contributed by atoms with Crippen molar-refractivity contribution in [3.63, 3.8) is 0 Å². The monoisotopic (exact) mass is 350 g/mol. The number of carbonyl (C=O) groups is 1. The lowest BCUT2D eigenvalue weighted by atomic mass is 10.3. The lowest BCUT2D eigenvalue weighted by molar-refractivity contribution is -0.145. The predicted octanol–water partition coefficient (Wildman–Crippen LogP) is 1.82. The molecule has 0 spiro atoms. The number of carbonyl (C=O) groups excluding carboxylic acids is 1. The second-order valence-electron chi connectivity index (χ2n) is 5.34. The predicted molar refractivity (Wildman–Crippen MR) is 90.2 cm³/mol. The highest BCUT2D eigenvalue weighted by Crippen LogP contribution is 1.91. The van der Waals surface area contributed by atoms with Crippen LogP contribution in [-0.2, 0) is 33.2 Å². The fourth-order valence-corrected chi connectivity index (χ4v) is 1.60. The van der Waals surface area contributed by atoms with E-state index in [4.69, 9.17) is 28.4 Å². The van der Waals surface area contributed by atoms with E-state index in [1.165, 1.54) is 0 Å². The molecular formula is C17H34O7. The number of ether oxygens (including phenoxy) is 6. The van der Waals surface area contributed by atoms with Crippen LogP contribution in [-0.4, -0.2) is 78.1 Å². The Hall–Kier alpha value is -0.730. The van der Waals surface area contributed by atoms with Gasteiger partial charge in [-0.05, 0) is 20.3 Å². The second-order valence-corrected chi connectivity index (χ2v) is 5.34. The van der Waals surface area contributed by atoms with Crippen molar-refractivity contribution in [2.24, 2.45) is 0 Å². The minimum Gasteiger partial charge on any atom is -0.463 e. The van der Waals surface area contributed by atoms with Crippen LogP contribution >= 0.6 is 0 Å². The summed E-state index contributed by atoms with van der Waals surface area (Å²) >= 11 is 0. The first-order valence-electron chi connectivity index (χ1n) is 8.75. The zero-order chi connectivity index (χ0) is 17.9. The second kappa shape index (κ2) is 18.6. The van der Waals surface area contributed by atoms with Crippen LogP contribution in [0.15, 0.2) is 0 Å². The summed E-state index contributed by atoms with van der Waals surface area (Å²) in [5.74, 6) is -0.175. The molecule has 0 bridgehead atoms. The molecular weight excluding hydrogens is 316 g/mol. The Morgan fingerprint density at radius 1 is 0.708 bits per heavy atom. The van der Waals surface area contributed by atoms with E-state index < -0.39 is 0 Å². The first-order chi connectivity index (χ1) is 11.7. The molecule has 0 aromatic carbocycles. The van der Waals surface area contributed by atoms with Gasteiger partial charge in [-0.25, -0.2) is 0 Å². The normalized spacial score (nSPS) is 11.2. The Bertz CT molecular complexity index is 272. The van der Waals surface area contributed by atoms with E-state index in [0.29, 0.717) is 72.5 Å². The zero-order valence-corrected chi connectivity index (χ0v) is 15.4. The van der Waals surface area contributed by atoms with Gasteiger partial charge in [0, 0.05) is 6.42 Å². The average Bonchev–Trinajstić information content (AvgIpc) is 2.54. The summed E-state index contributed by atoms with van der Waals surface area (Å²) in [6.07, 6.45) is 1.50. The minimum absolute atomic E-state index is 0.175. The van der Waals surface area contributed by atoms with Gasteiger partial charge in [-0.15, -0.1) is 0 Å². The Kier molecular flexibility index (Phi) is 18.0. The quantitative estimate of drug-likeness (QED) is 0.276. The van der Waals surface area contributed by atoms with Crippen molar-refractivity contribution in [3.05, 3.63) is 0 Å². The lowest BCUT2D eigenvalue weighted by Crippen LogP contribution is -2.15. The third kappa shape index (κ3) is 19.3. The molecule has 7 heteroatoms. The highest BCUT2D eigenvalue weighted by Gasteiger charge is 1.99. The van der Waals surface area contributed by atoms with E-state index in [1.807, 2.05) is 20.8 Å². The van der Waals surface area contributed by atoms with Crippen LogP contribution in [0.4, 0.5) is 0 Å². The largest absolute Gasteiger partial charge is 0.463 e. The van der Waals surface area contributed by atoms with E-state index in [2.05, 4.69) is 0 Å². The summed E-state index contributed by atoms with van der Waals surface area (Å²) in [4.78, 5) is 11.1. The van der Waals surface area contributed by atoms with Gasteiger partial charge in [0.2, 0.25) is 0 Å². The van der Waals surface area contributed by atoms with Crippen molar-refractivity contribution in [1.29, 1.82) is 0 Å². The van der Waals surface area contributed by atoms with E-state index in [1.54, 1.807) is 0 Å². The fraction of sp³-hybridized carbons (Fsp3) is 0.941. The van der Waals surface area contributed by atoms with Crippen LogP contribution in [0.2, 0.25) is 0 Å². The molecule has 7 nitrogen and oxygen atoms in total. The highest BCUT2D eigenvalue weighted by molar-refractivity contribution is 5.69. The maximum absolute atomic E-state index is 11.1. The fourth-order valence-electron chi connectivity index (χ4n) is 1.60. The van der Waals surface area contributed by atoms with Crippen molar-refractivity contribution >= 4 is 5.97 Å². The van der Waals surface area contributed by atoms with Crippen LogP contribution in [0.3, 0.4) is 0 Å². The van der Waals surface area contributed by atoms with Gasteiger partial charge >= 0.3 is 5.97 Å². The van der Waals surface area contributed by atoms with E-state index in [0.717, 1.165) is 6.42 Å². The Morgan fingerprint density at radius 3 is 1.54 bits per heavy atom. The van der Waals surface area contributed by atoms with Crippen molar-refractivity contribution in [2.45, 2.75) is 39.7 Å². The molecule has 0 heterocycles. The maximum Gasteiger partial charge on any atom is 0.305 e. The summed E-state index contributed by atoms with van der Waals surface area (Å²) in [5.41, 5.74) is 0.